The summed E-state index contributed by atoms with van der Waals surface area (Å²) in [5.74, 6) is 0.782. The van der Waals surface area contributed by atoms with Crippen molar-refractivity contribution in [1.29, 1.82) is 5.26 Å². The third-order valence-electron chi connectivity index (χ3n) is 8.33. The SMILES string of the molecule is CCN(CC1CCCC1)c1cc2c(cc1CN(Cc1cc(C#N)cc(CF)c1)c1nc(C)c(C)s1)CCC2. The molecule has 0 aliphatic heterocycles. The van der Waals surface area contributed by atoms with Crippen LogP contribution in [0.25, 0.3) is 0 Å². The summed E-state index contributed by atoms with van der Waals surface area (Å²) in [6, 6.07) is 12.6. The molecule has 38 heavy (non-hydrogen) atoms. The zero-order valence-electron chi connectivity index (χ0n) is 23.0. The average Bonchev–Trinajstić information content (AvgIpc) is 3.68. The zero-order chi connectivity index (χ0) is 26.6. The van der Waals surface area contributed by atoms with Gasteiger partial charge in [-0.25, -0.2) is 9.37 Å². The van der Waals surface area contributed by atoms with Gasteiger partial charge >= 0.3 is 0 Å². The number of aryl methyl sites for hydroxylation is 4. The van der Waals surface area contributed by atoms with Crippen molar-refractivity contribution < 1.29 is 4.39 Å². The van der Waals surface area contributed by atoms with E-state index in [9.17, 15) is 9.65 Å². The molecule has 1 fully saturated rings. The van der Waals surface area contributed by atoms with Crippen LogP contribution in [0.3, 0.4) is 0 Å². The third kappa shape index (κ3) is 5.89. The highest BCUT2D eigenvalue weighted by Crippen LogP contribution is 2.36. The Labute approximate surface area is 231 Å². The lowest BCUT2D eigenvalue weighted by Gasteiger charge is -2.31. The van der Waals surface area contributed by atoms with Gasteiger partial charge in [-0.3, -0.25) is 0 Å². The molecule has 0 spiro atoms. The smallest absolute Gasteiger partial charge is 0.186 e. The summed E-state index contributed by atoms with van der Waals surface area (Å²) in [6.07, 6.45) is 8.95. The van der Waals surface area contributed by atoms with Gasteiger partial charge in [-0.1, -0.05) is 25.0 Å². The molecule has 0 N–H and O–H groups in total. The Morgan fingerprint density at radius 3 is 2.37 bits per heavy atom. The number of fused-ring (bicyclic) bond motifs is 1. The van der Waals surface area contributed by atoms with Crippen LogP contribution in [-0.4, -0.2) is 18.1 Å². The molecular formula is C32H39FN4S. The van der Waals surface area contributed by atoms with Crippen molar-refractivity contribution in [1.82, 2.24) is 4.98 Å². The number of aromatic nitrogens is 1. The summed E-state index contributed by atoms with van der Waals surface area (Å²) in [6.45, 7) is 9.34. The van der Waals surface area contributed by atoms with Crippen molar-refractivity contribution in [2.24, 2.45) is 5.92 Å². The second-order valence-corrected chi connectivity index (χ2v) is 12.3. The molecule has 1 aromatic heterocycles. The minimum absolute atomic E-state index is 0.508. The number of halogens is 1. The highest BCUT2D eigenvalue weighted by molar-refractivity contribution is 7.15. The molecule has 200 valence electrons. The Kier molecular flexibility index (Phi) is 8.33. The normalized spacial score (nSPS) is 15.0. The number of nitriles is 1. The number of thiazole rings is 1. The first kappa shape index (κ1) is 26.7. The van der Waals surface area contributed by atoms with Crippen molar-refractivity contribution in [3.63, 3.8) is 0 Å². The summed E-state index contributed by atoms with van der Waals surface area (Å²) in [7, 11) is 0. The van der Waals surface area contributed by atoms with E-state index in [1.165, 1.54) is 65.8 Å². The van der Waals surface area contributed by atoms with Crippen LogP contribution in [0, 0.1) is 31.1 Å². The second-order valence-electron chi connectivity index (χ2n) is 11.1. The van der Waals surface area contributed by atoms with Gasteiger partial charge in [-0.2, -0.15) is 5.26 Å². The van der Waals surface area contributed by atoms with Gasteiger partial charge in [0.25, 0.3) is 0 Å². The molecule has 5 rings (SSSR count). The summed E-state index contributed by atoms with van der Waals surface area (Å²) in [5, 5.41) is 10.5. The molecule has 0 amide bonds. The largest absolute Gasteiger partial charge is 0.371 e. The fraction of sp³-hybridized carbons (Fsp3) is 0.500. The Bertz CT molecular complexity index is 1300. The molecule has 0 unspecified atom stereocenters. The monoisotopic (exact) mass is 530 g/mol. The Balaban J connectivity index is 1.53. The van der Waals surface area contributed by atoms with Crippen LogP contribution in [0.2, 0.25) is 0 Å². The standard InChI is InChI=1S/C32H39FN4S/c1-4-36(19-24-8-5-6-9-24)31-16-29-11-7-10-28(29)15-30(31)21-37(32-35-22(2)23(3)38-32)20-27-13-25(17-33)12-26(14-27)18-34/h12-16,24H,4-11,17,19-21H2,1-3H3. The minimum atomic E-state index is -0.570. The first-order valence-electron chi connectivity index (χ1n) is 14.1. The van der Waals surface area contributed by atoms with Gasteiger partial charge in [0.15, 0.2) is 5.13 Å². The van der Waals surface area contributed by atoms with E-state index in [0.717, 1.165) is 48.4 Å². The minimum Gasteiger partial charge on any atom is -0.371 e. The lowest BCUT2D eigenvalue weighted by atomic mass is 10.0. The molecule has 0 saturated heterocycles. The third-order valence-corrected chi connectivity index (χ3v) is 9.46. The van der Waals surface area contributed by atoms with Crippen LogP contribution < -0.4 is 9.80 Å². The van der Waals surface area contributed by atoms with E-state index < -0.39 is 6.67 Å². The summed E-state index contributed by atoms with van der Waals surface area (Å²) in [5.41, 5.74) is 8.77. The van der Waals surface area contributed by atoms with Gasteiger partial charge < -0.3 is 9.80 Å². The second kappa shape index (κ2) is 11.9. The molecular weight excluding hydrogens is 491 g/mol. The van der Waals surface area contributed by atoms with Crippen molar-refractivity contribution >= 4 is 22.2 Å². The van der Waals surface area contributed by atoms with Crippen molar-refractivity contribution in [2.45, 2.75) is 85.5 Å². The van der Waals surface area contributed by atoms with Gasteiger partial charge in [0.2, 0.25) is 0 Å². The number of hydrogen-bond acceptors (Lipinski definition) is 5. The van der Waals surface area contributed by atoms with E-state index in [4.69, 9.17) is 4.98 Å². The molecule has 4 nitrogen and oxygen atoms in total. The van der Waals surface area contributed by atoms with Crippen LogP contribution in [0.15, 0.2) is 30.3 Å². The number of benzene rings is 2. The highest BCUT2D eigenvalue weighted by atomic mass is 32.1. The molecule has 6 heteroatoms. The predicted octanol–water partition coefficient (Wildman–Crippen LogP) is 7.81. The molecule has 1 heterocycles. The quantitative estimate of drug-likeness (QED) is 0.268. The van der Waals surface area contributed by atoms with Gasteiger partial charge in [-0.05, 0) is 105 Å². The Morgan fingerprint density at radius 1 is 0.974 bits per heavy atom. The van der Waals surface area contributed by atoms with E-state index in [1.54, 1.807) is 17.4 Å². The van der Waals surface area contributed by atoms with Gasteiger partial charge in [0.05, 0.1) is 17.3 Å². The maximum atomic E-state index is 13.6. The molecule has 2 aromatic carbocycles. The van der Waals surface area contributed by atoms with Crippen LogP contribution in [-0.2, 0) is 32.6 Å². The van der Waals surface area contributed by atoms with Crippen LogP contribution in [0.1, 0.15) is 83.0 Å². The van der Waals surface area contributed by atoms with Crippen LogP contribution in [0.4, 0.5) is 15.2 Å². The molecule has 2 aliphatic carbocycles. The molecule has 3 aromatic rings. The lowest BCUT2D eigenvalue weighted by molar-refractivity contribution is 0.485. The van der Waals surface area contributed by atoms with Crippen LogP contribution in [0.5, 0.6) is 0 Å². The number of alkyl halides is 1. The summed E-state index contributed by atoms with van der Waals surface area (Å²) in [4.78, 5) is 11.1. The number of hydrogen-bond donors (Lipinski definition) is 0. The topological polar surface area (TPSA) is 43.2 Å². The molecule has 0 atom stereocenters. The van der Waals surface area contributed by atoms with E-state index >= 15 is 0 Å². The first-order valence-corrected chi connectivity index (χ1v) is 15.0. The van der Waals surface area contributed by atoms with Gasteiger partial charge in [-0.15, -0.1) is 11.3 Å². The molecule has 0 radical (unpaired) electrons. The van der Waals surface area contributed by atoms with E-state index in [2.05, 4.69) is 48.8 Å². The lowest BCUT2D eigenvalue weighted by Crippen LogP contribution is -2.31. The summed E-state index contributed by atoms with van der Waals surface area (Å²) < 4.78 is 13.6. The number of anilines is 2. The number of rotatable bonds is 10. The van der Waals surface area contributed by atoms with Crippen molar-refractivity contribution in [3.8, 4) is 6.07 Å². The first-order chi connectivity index (χ1) is 18.5. The van der Waals surface area contributed by atoms with E-state index in [1.807, 2.05) is 12.1 Å². The maximum Gasteiger partial charge on any atom is 0.186 e. The van der Waals surface area contributed by atoms with E-state index in [0.29, 0.717) is 17.7 Å². The average molecular weight is 531 g/mol. The zero-order valence-corrected chi connectivity index (χ0v) is 23.8. The fourth-order valence-electron chi connectivity index (χ4n) is 6.19. The maximum absolute atomic E-state index is 13.6. The van der Waals surface area contributed by atoms with Gasteiger partial charge in [0, 0.05) is 36.7 Å². The van der Waals surface area contributed by atoms with Gasteiger partial charge in [0.1, 0.15) is 6.67 Å². The van der Waals surface area contributed by atoms with Crippen molar-refractivity contribution in [3.05, 3.63) is 74.3 Å². The Hall–Kier alpha value is -2.91. The predicted molar refractivity (Wildman–Crippen MR) is 156 cm³/mol. The molecule has 0 bridgehead atoms. The summed E-state index contributed by atoms with van der Waals surface area (Å²) >= 11 is 1.71. The molecule has 2 aliphatic rings. The van der Waals surface area contributed by atoms with Crippen molar-refractivity contribution in [2.75, 3.05) is 22.9 Å². The number of nitrogens with zero attached hydrogens (tertiary/aromatic N) is 4. The highest BCUT2D eigenvalue weighted by Gasteiger charge is 2.24. The Morgan fingerprint density at radius 2 is 1.71 bits per heavy atom. The van der Waals surface area contributed by atoms with Crippen LogP contribution >= 0.6 is 11.3 Å². The molecule has 1 saturated carbocycles. The fourth-order valence-corrected chi connectivity index (χ4v) is 7.10. The van der Waals surface area contributed by atoms with E-state index in [-0.39, 0.29) is 0 Å².